The van der Waals surface area contributed by atoms with Gasteiger partial charge < -0.3 is 9.72 Å². The maximum Gasteiger partial charge on any atom is 0.189 e. The predicted octanol–water partition coefficient (Wildman–Crippen LogP) is 2.88. The Balaban J connectivity index is 2.60. The van der Waals surface area contributed by atoms with Gasteiger partial charge in [0, 0.05) is 17.1 Å². The van der Waals surface area contributed by atoms with Crippen LogP contribution in [0.3, 0.4) is 0 Å². The van der Waals surface area contributed by atoms with Gasteiger partial charge in [-0.3, -0.25) is 4.79 Å². The van der Waals surface area contributed by atoms with Crippen molar-refractivity contribution in [1.82, 2.24) is 4.98 Å². The van der Waals surface area contributed by atoms with E-state index in [1.54, 1.807) is 6.07 Å². The van der Waals surface area contributed by atoms with Crippen LogP contribution in [0.15, 0.2) is 29.1 Å². The largest absolute Gasteiger partial charge is 0.491 e. The van der Waals surface area contributed by atoms with E-state index >= 15 is 0 Å². The molecule has 0 saturated heterocycles. The van der Waals surface area contributed by atoms with Gasteiger partial charge in [-0.1, -0.05) is 19.9 Å². The monoisotopic (exact) mass is 231 g/mol. The third-order valence-electron chi connectivity index (χ3n) is 2.73. The molecule has 0 saturated carbocycles. The van der Waals surface area contributed by atoms with Crippen molar-refractivity contribution in [2.45, 2.75) is 26.7 Å². The summed E-state index contributed by atoms with van der Waals surface area (Å²) in [5, 5.41) is 0.691. The minimum atomic E-state index is 0.0533. The highest BCUT2D eigenvalue weighted by atomic mass is 16.5. The molecule has 0 aliphatic rings. The van der Waals surface area contributed by atoms with Gasteiger partial charge in [0.1, 0.15) is 5.75 Å². The Bertz CT molecular complexity index is 572. The number of rotatable bonds is 4. The van der Waals surface area contributed by atoms with E-state index in [2.05, 4.69) is 11.9 Å². The highest BCUT2D eigenvalue weighted by Gasteiger charge is 2.06. The number of nitrogens with one attached hydrogen (secondary N) is 1. The molecular formula is C14H17NO2. The van der Waals surface area contributed by atoms with Gasteiger partial charge in [-0.2, -0.15) is 0 Å². The fraction of sp³-hybridized carbons (Fsp3) is 0.357. The van der Waals surface area contributed by atoms with Crippen LogP contribution in [0.1, 0.15) is 26.0 Å². The van der Waals surface area contributed by atoms with Crippen molar-refractivity contribution < 1.29 is 4.74 Å². The topological polar surface area (TPSA) is 42.1 Å². The maximum absolute atomic E-state index is 11.9. The molecular weight excluding hydrogens is 214 g/mol. The molecule has 1 N–H and O–H groups in total. The van der Waals surface area contributed by atoms with Gasteiger partial charge >= 0.3 is 0 Å². The van der Waals surface area contributed by atoms with Crippen LogP contribution in [0.25, 0.3) is 10.9 Å². The lowest BCUT2D eigenvalue weighted by Gasteiger charge is -2.09. The highest BCUT2D eigenvalue weighted by Crippen LogP contribution is 2.21. The zero-order valence-corrected chi connectivity index (χ0v) is 10.2. The summed E-state index contributed by atoms with van der Waals surface area (Å²) in [6.45, 7) is 4.75. The standard InChI is InChI=1S/C14H17NO2/c1-3-8-17-13-7-5-6-11-12(16)9-10(4-2)15-14(11)13/h5-7,9H,3-4,8H2,1-2H3,(H,15,16). The number of para-hydroxylation sites is 1. The molecule has 3 heteroatoms. The first-order valence-corrected chi connectivity index (χ1v) is 6.04. The first kappa shape index (κ1) is 11.7. The summed E-state index contributed by atoms with van der Waals surface area (Å²) < 4.78 is 5.65. The molecule has 0 fully saturated rings. The number of benzene rings is 1. The lowest BCUT2D eigenvalue weighted by molar-refractivity contribution is 0.320. The first-order valence-electron chi connectivity index (χ1n) is 6.04. The van der Waals surface area contributed by atoms with Crippen molar-refractivity contribution >= 4 is 10.9 Å². The van der Waals surface area contributed by atoms with Crippen molar-refractivity contribution in [2.75, 3.05) is 6.61 Å². The fourth-order valence-corrected chi connectivity index (χ4v) is 1.82. The molecule has 1 aromatic heterocycles. The smallest absolute Gasteiger partial charge is 0.189 e. The molecule has 1 heterocycles. The fourth-order valence-electron chi connectivity index (χ4n) is 1.82. The maximum atomic E-state index is 11.9. The second-order valence-corrected chi connectivity index (χ2v) is 4.04. The van der Waals surface area contributed by atoms with E-state index in [9.17, 15) is 4.79 Å². The molecule has 0 unspecified atom stereocenters. The van der Waals surface area contributed by atoms with Crippen molar-refractivity contribution in [2.24, 2.45) is 0 Å². The quantitative estimate of drug-likeness (QED) is 0.879. The first-order chi connectivity index (χ1) is 8.26. The zero-order chi connectivity index (χ0) is 12.3. The second-order valence-electron chi connectivity index (χ2n) is 4.04. The Morgan fingerprint density at radius 3 is 2.82 bits per heavy atom. The van der Waals surface area contributed by atoms with Gasteiger partial charge in [0.15, 0.2) is 5.43 Å². The second kappa shape index (κ2) is 5.04. The van der Waals surface area contributed by atoms with E-state index in [0.29, 0.717) is 12.0 Å². The lowest BCUT2D eigenvalue weighted by atomic mass is 10.1. The summed E-state index contributed by atoms with van der Waals surface area (Å²) in [7, 11) is 0. The molecule has 0 spiro atoms. The summed E-state index contributed by atoms with van der Waals surface area (Å²) in [6, 6.07) is 7.24. The van der Waals surface area contributed by atoms with Gasteiger partial charge in [0.05, 0.1) is 12.1 Å². The number of aromatic nitrogens is 1. The number of ether oxygens (including phenoxy) is 1. The van der Waals surface area contributed by atoms with Gasteiger partial charge in [-0.15, -0.1) is 0 Å². The molecule has 17 heavy (non-hydrogen) atoms. The van der Waals surface area contributed by atoms with Crippen molar-refractivity contribution in [1.29, 1.82) is 0 Å². The van der Waals surface area contributed by atoms with Crippen LogP contribution in [0.4, 0.5) is 0 Å². The Morgan fingerprint density at radius 1 is 1.29 bits per heavy atom. The summed E-state index contributed by atoms with van der Waals surface area (Å²) in [5.41, 5.74) is 1.80. The molecule has 0 aliphatic carbocycles. The van der Waals surface area contributed by atoms with Crippen LogP contribution in [-0.2, 0) is 6.42 Å². The van der Waals surface area contributed by atoms with Crippen molar-refractivity contribution in [3.8, 4) is 5.75 Å². The van der Waals surface area contributed by atoms with Crippen LogP contribution in [-0.4, -0.2) is 11.6 Å². The average molecular weight is 231 g/mol. The molecule has 2 aromatic rings. The molecule has 3 nitrogen and oxygen atoms in total. The third kappa shape index (κ3) is 2.33. The minimum absolute atomic E-state index is 0.0533. The van der Waals surface area contributed by atoms with Crippen LogP contribution in [0.5, 0.6) is 5.75 Å². The Hall–Kier alpha value is -1.77. The lowest BCUT2D eigenvalue weighted by Crippen LogP contribution is -2.06. The number of hydrogen-bond donors (Lipinski definition) is 1. The van der Waals surface area contributed by atoms with E-state index in [4.69, 9.17) is 4.74 Å². The number of aromatic amines is 1. The van der Waals surface area contributed by atoms with Crippen LogP contribution in [0.2, 0.25) is 0 Å². The molecule has 0 radical (unpaired) electrons. The van der Waals surface area contributed by atoms with Gasteiger partial charge in [-0.25, -0.2) is 0 Å². The normalized spacial score (nSPS) is 10.7. The molecule has 0 amide bonds. The van der Waals surface area contributed by atoms with Gasteiger partial charge in [-0.05, 0) is 25.0 Å². The molecule has 2 rings (SSSR count). The summed E-state index contributed by atoms with van der Waals surface area (Å²) in [5.74, 6) is 0.761. The molecule has 0 bridgehead atoms. The van der Waals surface area contributed by atoms with E-state index in [1.807, 2.05) is 25.1 Å². The summed E-state index contributed by atoms with van der Waals surface area (Å²) in [4.78, 5) is 15.2. The Morgan fingerprint density at radius 2 is 2.12 bits per heavy atom. The predicted molar refractivity (Wildman–Crippen MR) is 69.7 cm³/mol. The molecule has 1 aromatic carbocycles. The third-order valence-corrected chi connectivity index (χ3v) is 2.73. The van der Waals surface area contributed by atoms with E-state index in [-0.39, 0.29) is 5.43 Å². The number of aryl methyl sites for hydroxylation is 1. The summed E-state index contributed by atoms with van der Waals surface area (Å²) in [6.07, 6.45) is 1.77. The summed E-state index contributed by atoms with van der Waals surface area (Å²) >= 11 is 0. The number of fused-ring (bicyclic) bond motifs is 1. The van der Waals surface area contributed by atoms with Crippen molar-refractivity contribution in [3.05, 3.63) is 40.2 Å². The molecule has 90 valence electrons. The SMILES string of the molecule is CCCOc1cccc2c(=O)cc(CC)[nH]c12. The number of H-pyrrole nitrogens is 1. The van der Waals surface area contributed by atoms with E-state index < -0.39 is 0 Å². The highest BCUT2D eigenvalue weighted by molar-refractivity contribution is 5.84. The van der Waals surface area contributed by atoms with Crippen LogP contribution >= 0.6 is 0 Å². The zero-order valence-electron chi connectivity index (χ0n) is 10.2. The Labute approximate surface area is 100 Å². The van der Waals surface area contributed by atoms with E-state index in [0.717, 1.165) is 29.8 Å². The van der Waals surface area contributed by atoms with E-state index in [1.165, 1.54) is 0 Å². The van der Waals surface area contributed by atoms with Crippen molar-refractivity contribution in [3.63, 3.8) is 0 Å². The number of pyridine rings is 1. The molecule has 0 atom stereocenters. The Kier molecular flexibility index (Phi) is 3.47. The van der Waals surface area contributed by atoms with Gasteiger partial charge in [0.25, 0.3) is 0 Å². The van der Waals surface area contributed by atoms with Gasteiger partial charge in [0.2, 0.25) is 0 Å². The minimum Gasteiger partial charge on any atom is -0.491 e. The van der Waals surface area contributed by atoms with Crippen LogP contribution < -0.4 is 10.2 Å². The molecule has 0 aliphatic heterocycles. The van der Waals surface area contributed by atoms with Crippen LogP contribution in [0, 0.1) is 0 Å². The average Bonchev–Trinajstić information content (AvgIpc) is 2.36. The number of hydrogen-bond acceptors (Lipinski definition) is 2.